The second-order valence-corrected chi connectivity index (χ2v) is 7.26. The van der Waals surface area contributed by atoms with Crippen LogP contribution in [0.3, 0.4) is 0 Å². The Morgan fingerprint density at radius 3 is 2.22 bits per heavy atom. The normalized spacial score (nSPS) is 20.0. The molecular formula is C23H26F2O2. The van der Waals surface area contributed by atoms with E-state index in [-0.39, 0.29) is 18.1 Å². The van der Waals surface area contributed by atoms with Gasteiger partial charge in [0.25, 0.3) is 0 Å². The van der Waals surface area contributed by atoms with E-state index in [0.29, 0.717) is 5.92 Å². The summed E-state index contributed by atoms with van der Waals surface area (Å²) in [6.45, 7) is 4.23. The van der Waals surface area contributed by atoms with Crippen LogP contribution in [-0.2, 0) is 6.61 Å². The van der Waals surface area contributed by atoms with Crippen molar-refractivity contribution in [2.75, 3.05) is 0 Å². The van der Waals surface area contributed by atoms with Gasteiger partial charge < -0.3 is 9.47 Å². The molecule has 1 fully saturated rings. The summed E-state index contributed by atoms with van der Waals surface area (Å²) in [5.74, 6) is -0.904. The molecule has 0 unspecified atom stereocenters. The molecule has 27 heavy (non-hydrogen) atoms. The Morgan fingerprint density at radius 1 is 0.926 bits per heavy atom. The van der Waals surface area contributed by atoms with Gasteiger partial charge in [-0.05, 0) is 54.9 Å². The van der Waals surface area contributed by atoms with Crippen molar-refractivity contribution in [1.82, 2.24) is 0 Å². The fraction of sp³-hybridized carbons (Fsp3) is 0.391. The number of rotatable bonds is 6. The predicted octanol–water partition coefficient (Wildman–Crippen LogP) is 6.75. The molecule has 1 aliphatic carbocycles. The van der Waals surface area contributed by atoms with Crippen LogP contribution in [-0.4, -0.2) is 0 Å². The maximum Gasteiger partial charge on any atom is 0.205 e. The van der Waals surface area contributed by atoms with E-state index in [4.69, 9.17) is 9.47 Å². The molecule has 0 N–H and O–H groups in total. The van der Waals surface area contributed by atoms with Crippen LogP contribution in [0.15, 0.2) is 48.7 Å². The van der Waals surface area contributed by atoms with Gasteiger partial charge in [0.15, 0.2) is 11.5 Å². The Morgan fingerprint density at radius 2 is 1.56 bits per heavy atom. The van der Waals surface area contributed by atoms with Crippen molar-refractivity contribution in [3.8, 4) is 11.5 Å². The number of hydrogen-bond acceptors (Lipinski definition) is 2. The fourth-order valence-corrected chi connectivity index (χ4v) is 3.50. The summed E-state index contributed by atoms with van der Waals surface area (Å²) in [5.41, 5.74) is 2.28. The van der Waals surface area contributed by atoms with Gasteiger partial charge in [0, 0.05) is 0 Å². The van der Waals surface area contributed by atoms with Crippen LogP contribution in [0.25, 0.3) is 0 Å². The van der Waals surface area contributed by atoms with Crippen molar-refractivity contribution in [3.63, 3.8) is 0 Å². The molecule has 0 spiro atoms. The van der Waals surface area contributed by atoms with E-state index < -0.39 is 11.6 Å². The molecule has 0 aliphatic heterocycles. The summed E-state index contributed by atoms with van der Waals surface area (Å²) in [4.78, 5) is 0. The Labute approximate surface area is 159 Å². The smallest absolute Gasteiger partial charge is 0.205 e. The first-order valence-electron chi connectivity index (χ1n) is 9.56. The first-order chi connectivity index (χ1) is 13.1. The summed E-state index contributed by atoms with van der Waals surface area (Å²) in [6, 6.07) is 11.0. The third-order valence-corrected chi connectivity index (χ3v) is 5.20. The number of halogens is 2. The lowest BCUT2D eigenvalue weighted by Gasteiger charge is -2.26. The highest BCUT2D eigenvalue weighted by molar-refractivity contribution is 5.35. The van der Waals surface area contributed by atoms with Crippen LogP contribution < -0.4 is 9.47 Å². The predicted molar refractivity (Wildman–Crippen MR) is 103 cm³/mol. The van der Waals surface area contributed by atoms with Gasteiger partial charge in [-0.3, -0.25) is 0 Å². The Kier molecular flexibility index (Phi) is 6.49. The SMILES string of the molecule is C/C=C/Oc1ccc(OCc2ccc(C3CCC(C)CC3)cc2)c(F)c1F. The molecule has 0 atom stereocenters. The molecule has 0 radical (unpaired) electrons. The average Bonchev–Trinajstić information content (AvgIpc) is 2.69. The topological polar surface area (TPSA) is 18.5 Å². The fourth-order valence-electron chi connectivity index (χ4n) is 3.50. The van der Waals surface area contributed by atoms with Crippen LogP contribution in [0.1, 0.15) is 56.6 Å². The number of benzene rings is 2. The highest BCUT2D eigenvalue weighted by atomic mass is 19.2. The van der Waals surface area contributed by atoms with Gasteiger partial charge in [-0.25, -0.2) is 0 Å². The van der Waals surface area contributed by atoms with Crippen molar-refractivity contribution in [3.05, 3.63) is 71.5 Å². The van der Waals surface area contributed by atoms with E-state index >= 15 is 0 Å². The molecule has 0 heterocycles. The summed E-state index contributed by atoms with van der Waals surface area (Å²) in [5, 5.41) is 0. The van der Waals surface area contributed by atoms with E-state index in [1.807, 2.05) is 12.1 Å². The van der Waals surface area contributed by atoms with Crippen molar-refractivity contribution < 1.29 is 18.3 Å². The largest absolute Gasteiger partial charge is 0.486 e. The highest BCUT2D eigenvalue weighted by Crippen LogP contribution is 2.35. The van der Waals surface area contributed by atoms with Gasteiger partial charge in [0.05, 0.1) is 6.26 Å². The lowest BCUT2D eigenvalue weighted by molar-refractivity contribution is 0.281. The molecule has 0 bridgehead atoms. The van der Waals surface area contributed by atoms with Crippen LogP contribution in [0.5, 0.6) is 11.5 Å². The number of hydrogen-bond donors (Lipinski definition) is 0. The molecule has 2 aromatic rings. The maximum absolute atomic E-state index is 14.1. The van der Waals surface area contributed by atoms with Gasteiger partial charge in [0.1, 0.15) is 6.61 Å². The summed E-state index contributed by atoms with van der Waals surface area (Å²) in [7, 11) is 0. The van der Waals surface area contributed by atoms with Gasteiger partial charge in [-0.2, -0.15) is 8.78 Å². The molecule has 144 valence electrons. The molecule has 0 saturated heterocycles. The Bertz CT molecular complexity index is 776. The standard InChI is InChI=1S/C23H26F2O2/c1-3-14-26-20-12-13-21(23(25)22(20)24)27-15-17-6-10-19(11-7-17)18-8-4-16(2)5-9-18/h3,6-7,10-14,16,18H,4-5,8-9,15H2,1-2H3/b14-3+. The second-order valence-electron chi connectivity index (χ2n) is 7.26. The van der Waals surface area contributed by atoms with Crippen LogP contribution in [0, 0.1) is 17.6 Å². The van der Waals surface area contributed by atoms with E-state index in [0.717, 1.165) is 11.5 Å². The first-order valence-corrected chi connectivity index (χ1v) is 9.56. The summed E-state index contributed by atoms with van der Waals surface area (Å²) < 4.78 is 38.6. The molecule has 2 nitrogen and oxygen atoms in total. The Balaban J connectivity index is 1.61. The van der Waals surface area contributed by atoms with E-state index in [1.165, 1.54) is 49.6 Å². The highest BCUT2D eigenvalue weighted by Gasteiger charge is 2.19. The van der Waals surface area contributed by atoms with Gasteiger partial charge in [-0.15, -0.1) is 0 Å². The minimum Gasteiger partial charge on any atom is -0.486 e. The van der Waals surface area contributed by atoms with Gasteiger partial charge in [-0.1, -0.05) is 50.1 Å². The van der Waals surface area contributed by atoms with Crippen molar-refractivity contribution in [2.24, 2.45) is 5.92 Å². The third-order valence-electron chi connectivity index (χ3n) is 5.20. The van der Waals surface area contributed by atoms with Crippen LogP contribution >= 0.6 is 0 Å². The molecule has 4 heteroatoms. The van der Waals surface area contributed by atoms with Crippen molar-refractivity contribution in [2.45, 2.75) is 52.1 Å². The van der Waals surface area contributed by atoms with Gasteiger partial charge >= 0.3 is 0 Å². The molecule has 1 saturated carbocycles. The van der Waals surface area contributed by atoms with Crippen LogP contribution in [0.4, 0.5) is 8.78 Å². The zero-order chi connectivity index (χ0) is 19.2. The molecule has 3 rings (SSSR count). The third kappa shape index (κ3) is 4.88. The molecule has 2 aromatic carbocycles. The average molecular weight is 372 g/mol. The molecule has 0 aromatic heterocycles. The minimum atomic E-state index is -1.05. The zero-order valence-electron chi connectivity index (χ0n) is 15.9. The van der Waals surface area contributed by atoms with Crippen molar-refractivity contribution in [1.29, 1.82) is 0 Å². The Hall–Kier alpha value is -2.36. The lowest BCUT2D eigenvalue weighted by atomic mass is 9.79. The number of allylic oxidation sites excluding steroid dienone is 1. The van der Waals surface area contributed by atoms with Crippen LogP contribution in [0.2, 0.25) is 0 Å². The zero-order valence-corrected chi connectivity index (χ0v) is 15.9. The van der Waals surface area contributed by atoms with E-state index in [9.17, 15) is 8.78 Å². The monoisotopic (exact) mass is 372 g/mol. The second kappa shape index (κ2) is 9.03. The van der Waals surface area contributed by atoms with E-state index in [2.05, 4.69) is 19.1 Å². The summed E-state index contributed by atoms with van der Waals surface area (Å²) in [6.07, 6.45) is 7.95. The maximum atomic E-state index is 14.1. The summed E-state index contributed by atoms with van der Waals surface area (Å²) >= 11 is 0. The van der Waals surface area contributed by atoms with E-state index in [1.54, 1.807) is 13.0 Å². The number of ether oxygens (including phenoxy) is 2. The molecular weight excluding hydrogens is 346 g/mol. The quantitative estimate of drug-likeness (QED) is 0.522. The molecule has 0 amide bonds. The lowest BCUT2D eigenvalue weighted by Crippen LogP contribution is -2.10. The van der Waals surface area contributed by atoms with Crippen molar-refractivity contribution >= 4 is 0 Å². The molecule has 1 aliphatic rings. The van der Waals surface area contributed by atoms with Gasteiger partial charge in [0.2, 0.25) is 11.6 Å². The minimum absolute atomic E-state index is 0.120. The first kappa shape index (κ1) is 19.4.